The summed E-state index contributed by atoms with van der Waals surface area (Å²) in [7, 11) is 1.30. The van der Waals surface area contributed by atoms with Crippen molar-refractivity contribution in [2.24, 2.45) is 0 Å². The predicted molar refractivity (Wildman–Crippen MR) is 77.6 cm³/mol. The molecule has 0 bridgehead atoms. The molecule has 0 fully saturated rings. The maximum absolute atomic E-state index is 11.6. The molecule has 8 heteroatoms. The second-order valence-corrected chi connectivity index (χ2v) is 4.55. The standard InChI is InChI=1S/C14H18N2O6/c1-10-5-6-11(16(19)20)12(8-10)22-9-13(17)15-7-3-4-14(18)21-2/h5-6,8H,3-4,7,9H2,1-2H3,(H,15,17). The first-order valence-corrected chi connectivity index (χ1v) is 6.65. The minimum absolute atomic E-state index is 0.0507. The molecule has 0 spiro atoms. The summed E-state index contributed by atoms with van der Waals surface area (Å²) in [6.45, 7) is 1.74. The van der Waals surface area contributed by atoms with Gasteiger partial charge >= 0.3 is 11.7 Å². The second-order valence-electron chi connectivity index (χ2n) is 4.55. The highest BCUT2D eigenvalue weighted by Crippen LogP contribution is 2.27. The SMILES string of the molecule is COC(=O)CCCNC(=O)COc1cc(C)ccc1[N+](=O)[O-]. The highest BCUT2D eigenvalue weighted by Gasteiger charge is 2.16. The van der Waals surface area contributed by atoms with Crippen LogP contribution in [0.5, 0.6) is 5.75 Å². The highest BCUT2D eigenvalue weighted by molar-refractivity contribution is 5.77. The lowest BCUT2D eigenvalue weighted by Gasteiger charge is -2.08. The normalized spacial score (nSPS) is 9.91. The molecule has 22 heavy (non-hydrogen) atoms. The van der Waals surface area contributed by atoms with Crippen molar-refractivity contribution >= 4 is 17.6 Å². The monoisotopic (exact) mass is 310 g/mol. The fourth-order valence-corrected chi connectivity index (χ4v) is 1.64. The maximum Gasteiger partial charge on any atom is 0.310 e. The zero-order valence-electron chi connectivity index (χ0n) is 12.5. The Hall–Kier alpha value is -2.64. The van der Waals surface area contributed by atoms with Crippen molar-refractivity contribution in [3.8, 4) is 5.75 Å². The van der Waals surface area contributed by atoms with E-state index in [9.17, 15) is 19.7 Å². The molecule has 1 N–H and O–H groups in total. The van der Waals surface area contributed by atoms with E-state index in [0.29, 0.717) is 13.0 Å². The van der Waals surface area contributed by atoms with E-state index in [1.54, 1.807) is 13.0 Å². The van der Waals surface area contributed by atoms with Crippen LogP contribution >= 0.6 is 0 Å². The van der Waals surface area contributed by atoms with Gasteiger partial charge in [-0.25, -0.2) is 0 Å². The van der Waals surface area contributed by atoms with E-state index in [1.165, 1.54) is 19.2 Å². The van der Waals surface area contributed by atoms with E-state index in [0.717, 1.165) is 5.56 Å². The summed E-state index contributed by atoms with van der Waals surface area (Å²) in [5.74, 6) is -0.712. The van der Waals surface area contributed by atoms with Crippen molar-refractivity contribution in [1.29, 1.82) is 0 Å². The number of ether oxygens (including phenoxy) is 2. The van der Waals surface area contributed by atoms with Gasteiger partial charge in [-0.05, 0) is 25.0 Å². The number of amides is 1. The van der Waals surface area contributed by atoms with Gasteiger partial charge in [0.05, 0.1) is 12.0 Å². The molecular formula is C14H18N2O6. The number of hydrogen-bond donors (Lipinski definition) is 1. The van der Waals surface area contributed by atoms with Crippen LogP contribution in [-0.2, 0) is 14.3 Å². The van der Waals surface area contributed by atoms with Gasteiger partial charge in [-0.3, -0.25) is 19.7 Å². The first kappa shape index (κ1) is 17.4. The topological polar surface area (TPSA) is 108 Å². The van der Waals surface area contributed by atoms with E-state index in [2.05, 4.69) is 10.1 Å². The molecule has 0 saturated carbocycles. The summed E-state index contributed by atoms with van der Waals surface area (Å²) in [6.07, 6.45) is 0.657. The van der Waals surface area contributed by atoms with E-state index in [-0.39, 0.29) is 30.4 Å². The predicted octanol–water partition coefficient (Wildman–Crippen LogP) is 1.35. The van der Waals surface area contributed by atoms with E-state index < -0.39 is 10.8 Å². The summed E-state index contributed by atoms with van der Waals surface area (Å²) in [4.78, 5) is 32.7. The van der Waals surface area contributed by atoms with Crippen LogP contribution in [0.1, 0.15) is 18.4 Å². The quantitative estimate of drug-likeness (QED) is 0.336. The van der Waals surface area contributed by atoms with Gasteiger partial charge < -0.3 is 14.8 Å². The van der Waals surface area contributed by atoms with Gasteiger partial charge in [-0.15, -0.1) is 0 Å². The summed E-state index contributed by atoms with van der Waals surface area (Å²) in [5.41, 5.74) is 0.600. The lowest BCUT2D eigenvalue weighted by molar-refractivity contribution is -0.385. The Bertz CT molecular complexity index is 558. The molecular weight excluding hydrogens is 292 g/mol. The van der Waals surface area contributed by atoms with Gasteiger partial charge in [0.1, 0.15) is 0 Å². The number of esters is 1. The molecule has 0 radical (unpaired) electrons. The average molecular weight is 310 g/mol. The van der Waals surface area contributed by atoms with Crippen molar-refractivity contribution in [3.63, 3.8) is 0 Å². The minimum Gasteiger partial charge on any atom is -0.477 e. The number of nitrogens with one attached hydrogen (secondary N) is 1. The molecule has 1 aromatic rings. The fraction of sp³-hybridized carbons (Fsp3) is 0.429. The van der Waals surface area contributed by atoms with E-state index >= 15 is 0 Å². The van der Waals surface area contributed by atoms with Gasteiger partial charge in [0.2, 0.25) is 0 Å². The number of rotatable bonds is 8. The first-order valence-electron chi connectivity index (χ1n) is 6.65. The third-order valence-electron chi connectivity index (χ3n) is 2.78. The number of carbonyl (C=O) groups is 2. The van der Waals surface area contributed by atoms with E-state index in [4.69, 9.17) is 4.74 Å². The average Bonchev–Trinajstić information content (AvgIpc) is 2.48. The fourth-order valence-electron chi connectivity index (χ4n) is 1.64. The number of nitrogens with zero attached hydrogens (tertiary/aromatic N) is 1. The number of benzene rings is 1. The smallest absolute Gasteiger partial charge is 0.310 e. The largest absolute Gasteiger partial charge is 0.477 e. The van der Waals surface area contributed by atoms with Gasteiger partial charge in [-0.1, -0.05) is 6.07 Å². The summed E-state index contributed by atoms with van der Waals surface area (Å²) in [5, 5.41) is 13.4. The van der Waals surface area contributed by atoms with E-state index in [1.807, 2.05) is 0 Å². The molecule has 0 aliphatic carbocycles. The molecule has 0 aliphatic heterocycles. The van der Waals surface area contributed by atoms with Crippen LogP contribution in [0.15, 0.2) is 18.2 Å². The number of carbonyl (C=O) groups excluding carboxylic acids is 2. The van der Waals surface area contributed by atoms with Crippen LogP contribution in [-0.4, -0.2) is 37.1 Å². The molecule has 0 heterocycles. The maximum atomic E-state index is 11.6. The van der Waals surface area contributed by atoms with Crippen molar-refractivity contribution in [3.05, 3.63) is 33.9 Å². The molecule has 120 valence electrons. The van der Waals surface area contributed by atoms with Gasteiger partial charge in [0.25, 0.3) is 5.91 Å². The lowest BCUT2D eigenvalue weighted by Crippen LogP contribution is -2.30. The molecule has 0 unspecified atom stereocenters. The van der Waals surface area contributed by atoms with Crippen LogP contribution in [0.4, 0.5) is 5.69 Å². The minimum atomic E-state index is -0.566. The number of nitro benzene ring substituents is 1. The summed E-state index contributed by atoms with van der Waals surface area (Å²) in [6, 6.07) is 4.43. The van der Waals surface area contributed by atoms with Crippen LogP contribution in [0.2, 0.25) is 0 Å². The van der Waals surface area contributed by atoms with Crippen molar-refractivity contribution in [2.45, 2.75) is 19.8 Å². The number of nitro groups is 1. The Kier molecular flexibility index (Phi) is 6.81. The van der Waals surface area contributed by atoms with Crippen LogP contribution in [0, 0.1) is 17.0 Å². The number of aryl methyl sites for hydroxylation is 1. The zero-order chi connectivity index (χ0) is 16.5. The van der Waals surface area contributed by atoms with Gasteiger partial charge in [0.15, 0.2) is 12.4 Å². The van der Waals surface area contributed by atoms with Crippen molar-refractivity contribution in [1.82, 2.24) is 5.32 Å². The Balaban J connectivity index is 2.42. The number of hydrogen-bond acceptors (Lipinski definition) is 6. The van der Waals surface area contributed by atoms with Crippen LogP contribution in [0.3, 0.4) is 0 Å². The Morgan fingerprint density at radius 2 is 2.09 bits per heavy atom. The van der Waals surface area contributed by atoms with Gasteiger partial charge in [-0.2, -0.15) is 0 Å². The molecule has 8 nitrogen and oxygen atoms in total. The Morgan fingerprint density at radius 1 is 1.36 bits per heavy atom. The molecule has 0 saturated heterocycles. The molecule has 1 amide bonds. The molecule has 0 aliphatic rings. The first-order chi connectivity index (χ1) is 10.4. The molecule has 1 aromatic carbocycles. The lowest BCUT2D eigenvalue weighted by atomic mass is 10.2. The van der Waals surface area contributed by atoms with Crippen molar-refractivity contribution in [2.75, 3.05) is 20.3 Å². The molecule has 0 atom stereocenters. The van der Waals surface area contributed by atoms with Crippen LogP contribution < -0.4 is 10.1 Å². The number of methoxy groups -OCH3 is 1. The third-order valence-corrected chi connectivity index (χ3v) is 2.78. The molecule has 0 aromatic heterocycles. The summed E-state index contributed by atoms with van der Waals surface area (Å²) >= 11 is 0. The van der Waals surface area contributed by atoms with Crippen LogP contribution in [0.25, 0.3) is 0 Å². The van der Waals surface area contributed by atoms with Crippen molar-refractivity contribution < 1.29 is 24.0 Å². The molecule has 1 rings (SSSR count). The van der Waals surface area contributed by atoms with Gasteiger partial charge in [0, 0.05) is 19.0 Å². The Labute approximate surface area is 127 Å². The summed E-state index contributed by atoms with van der Waals surface area (Å²) < 4.78 is 9.66. The highest BCUT2D eigenvalue weighted by atomic mass is 16.6. The Morgan fingerprint density at radius 3 is 2.73 bits per heavy atom. The second kappa shape index (κ2) is 8.60. The zero-order valence-corrected chi connectivity index (χ0v) is 12.5. The third kappa shape index (κ3) is 5.78.